The van der Waals surface area contributed by atoms with Crippen molar-refractivity contribution in [1.29, 1.82) is 0 Å². The van der Waals surface area contributed by atoms with Crippen molar-refractivity contribution in [3.05, 3.63) is 17.5 Å². The largest absolute Gasteiger partial charge is 0.351 e. The number of carbonyl (C=O) groups excluding carboxylic acids is 1. The number of aryl methyl sites for hydroxylation is 1. The van der Waals surface area contributed by atoms with Crippen molar-refractivity contribution in [3.8, 4) is 0 Å². The van der Waals surface area contributed by atoms with Crippen LogP contribution >= 0.6 is 0 Å². The second kappa shape index (κ2) is 3.84. The molecule has 2 fully saturated rings. The molecule has 4 heteroatoms. The van der Waals surface area contributed by atoms with Crippen LogP contribution < -0.4 is 0 Å². The van der Waals surface area contributed by atoms with Crippen LogP contribution in [0.2, 0.25) is 0 Å². The predicted octanol–water partition coefficient (Wildman–Crippen LogP) is 3.02. The summed E-state index contributed by atoms with van der Waals surface area (Å²) in [6.45, 7) is 9.61. The van der Waals surface area contributed by atoms with Crippen LogP contribution in [0.4, 0.5) is 0 Å². The van der Waals surface area contributed by atoms with Crippen LogP contribution in [-0.4, -0.2) is 28.6 Å². The minimum atomic E-state index is 0.00650. The highest BCUT2D eigenvalue weighted by Crippen LogP contribution is 2.52. The quantitative estimate of drug-likeness (QED) is 0.781. The second-order valence-electron chi connectivity index (χ2n) is 7.48. The monoisotopic (exact) mass is 262 g/mol. The number of amides is 1. The molecule has 104 valence electrons. The van der Waals surface area contributed by atoms with Gasteiger partial charge in [-0.15, -0.1) is 0 Å². The van der Waals surface area contributed by atoms with E-state index in [1.165, 1.54) is 6.42 Å². The molecule has 1 aromatic rings. The minimum Gasteiger partial charge on any atom is -0.351 e. The molecule has 2 aliphatic rings. The molecule has 2 unspecified atom stereocenters. The Labute approximate surface area is 114 Å². The van der Waals surface area contributed by atoms with Crippen molar-refractivity contribution >= 4 is 5.91 Å². The Morgan fingerprint density at radius 3 is 2.79 bits per heavy atom. The fourth-order valence-electron chi connectivity index (χ4n) is 4.30. The molecule has 0 spiro atoms. The fourth-order valence-corrected chi connectivity index (χ4v) is 4.30. The van der Waals surface area contributed by atoms with Gasteiger partial charge >= 0.3 is 0 Å². The van der Waals surface area contributed by atoms with E-state index in [-0.39, 0.29) is 11.3 Å². The molecular weight excluding hydrogens is 240 g/mol. The van der Waals surface area contributed by atoms with Gasteiger partial charge in [0.15, 0.2) is 0 Å². The van der Waals surface area contributed by atoms with E-state index in [0.29, 0.717) is 17.2 Å². The summed E-state index contributed by atoms with van der Waals surface area (Å²) < 4.78 is 5.13. The van der Waals surface area contributed by atoms with Gasteiger partial charge in [0.2, 0.25) is 5.76 Å². The number of nitrogens with zero attached hydrogens (tertiary/aromatic N) is 2. The summed E-state index contributed by atoms with van der Waals surface area (Å²) in [5.41, 5.74) is 1.35. The van der Waals surface area contributed by atoms with Crippen molar-refractivity contribution in [3.63, 3.8) is 0 Å². The summed E-state index contributed by atoms with van der Waals surface area (Å²) in [5, 5.41) is 3.82. The van der Waals surface area contributed by atoms with E-state index in [1.807, 2.05) is 11.8 Å². The lowest BCUT2D eigenvalue weighted by Crippen LogP contribution is -2.37. The molecule has 2 bridgehead atoms. The Morgan fingerprint density at radius 2 is 2.16 bits per heavy atom. The smallest absolute Gasteiger partial charge is 0.292 e. The van der Waals surface area contributed by atoms with E-state index in [9.17, 15) is 4.79 Å². The zero-order chi connectivity index (χ0) is 13.8. The molecule has 1 saturated heterocycles. The second-order valence-corrected chi connectivity index (χ2v) is 7.48. The van der Waals surface area contributed by atoms with Gasteiger partial charge in [-0.25, -0.2) is 0 Å². The predicted molar refractivity (Wildman–Crippen MR) is 71.8 cm³/mol. The molecule has 1 saturated carbocycles. The molecule has 1 aromatic heterocycles. The van der Waals surface area contributed by atoms with Crippen LogP contribution in [-0.2, 0) is 0 Å². The van der Waals surface area contributed by atoms with Crippen LogP contribution in [0.15, 0.2) is 10.6 Å². The van der Waals surface area contributed by atoms with Gasteiger partial charge in [0.25, 0.3) is 5.91 Å². The summed E-state index contributed by atoms with van der Waals surface area (Å²) in [4.78, 5) is 14.6. The Hall–Kier alpha value is -1.32. The molecular formula is C15H22N2O2. The number of rotatable bonds is 1. The fraction of sp³-hybridized carbons (Fsp3) is 0.733. The Balaban J connectivity index is 1.86. The maximum atomic E-state index is 12.5. The molecule has 0 N–H and O–H groups in total. The average molecular weight is 262 g/mol. The highest BCUT2D eigenvalue weighted by Gasteiger charge is 2.51. The number of hydrogen-bond donors (Lipinski definition) is 0. The van der Waals surface area contributed by atoms with Crippen molar-refractivity contribution in [2.24, 2.45) is 10.8 Å². The van der Waals surface area contributed by atoms with Crippen LogP contribution in [0.25, 0.3) is 0 Å². The van der Waals surface area contributed by atoms with Gasteiger partial charge in [-0.2, -0.15) is 0 Å². The average Bonchev–Trinajstić information content (AvgIpc) is 2.78. The highest BCUT2D eigenvalue weighted by molar-refractivity contribution is 5.92. The van der Waals surface area contributed by atoms with Crippen molar-refractivity contribution in [2.75, 3.05) is 6.54 Å². The molecule has 0 radical (unpaired) electrons. The van der Waals surface area contributed by atoms with Crippen LogP contribution in [0.5, 0.6) is 0 Å². The van der Waals surface area contributed by atoms with E-state index in [4.69, 9.17) is 4.52 Å². The lowest BCUT2D eigenvalue weighted by atomic mass is 9.65. The van der Waals surface area contributed by atoms with Gasteiger partial charge in [0.05, 0.1) is 5.69 Å². The third-order valence-electron chi connectivity index (χ3n) is 4.51. The van der Waals surface area contributed by atoms with E-state index >= 15 is 0 Å². The minimum absolute atomic E-state index is 0.00650. The first kappa shape index (κ1) is 12.7. The van der Waals surface area contributed by atoms with Crippen molar-refractivity contribution < 1.29 is 9.32 Å². The maximum Gasteiger partial charge on any atom is 0.292 e. The van der Waals surface area contributed by atoms with Gasteiger partial charge in [-0.1, -0.05) is 25.9 Å². The van der Waals surface area contributed by atoms with E-state index < -0.39 is 0 Å². The Morgan fingerprint density at radius 1 is 1.42 bits per heavy atom. The summed E-state index contributed by atoms with van der Waals surface area (Å²) in [6, 6.07) is 2.09. The van der Waals surface area contributed by atoms with Crippen molar-refractivity contribution in [2.45, 2.75) is 53.0 Å². The lowest BCUT2D eigenvalue weighted by Gasteiger charge is -2.39. The number of aromatic nitrogens is 1. The normalized spacial score (nSPS) is 32.6. The van der Waals surface area contributed by atoms with Gasteiger partial charge in [0.1, 0.15) is 0 Å². The first-order valence-corrected chi connectivity index (χ1v) is 7.02. The first-order valence-electron chi connectivity index (χ1n) is 7.02. The third kappa shape index (κ3) is 2.17. The SMILES string of the molecule is Cc1cc(C(=O)N2CC3(C)CC2CC(C)(C)C3)on1. The number of likely N-dealkylation sites (tertiary alicyclic amines) is 1. The topological polar surface area (TPSA) is 46.3 Å². The van der Waals surface area contributed by atoms with Crippen LogP contribution in [0, 0.1) is 17.8 Å². The molecule has 3 rings (SSSR count). The molecule has 0 aromatic carbocycles. The summed E-state index contributed by atoms with van der Waals surface area (Å²) in [6.07, 6.45) is 3.40. The van der Waals surface area contributed by atoms with E-state index in [2.05, 4.69) is 25.9 Å². The van der Waals surface area contributed by atoms with Gasteiger partial charge in [0, 0.05) is 18.7 Å². The third-order valence-corrected chi connectivity index (χ3v) is 4.51. The molecule has 2 heterocycles. The molecule has 1 amide bonds. The van der Waals surface area contributed by atoms with E-state index in [1.54, 1.807) is 6.07 Å². The lowest BCUT2D eigenvalue weighted by molar-refractivity contribution is 0.0667. The first-order chi connectivity index (χ1) is 8.78. The van der Waals surface area contributed by atoms with Gasteiger partial charge < -0.3 is 9.42 Å². The van der Waals surface area contributed by atoms with Crippen molar-refractivity contribution in [1.82, 2.24) is 10.1 Å². The van der Waals surface area contributed by atoms with Gasteiger partial charge in [-0.3, -0.25) is 4.79 Å². The Bertz CT molecular complexity index is 520. The number of hydrogen-bond acceptors (Lipinski definition) is 3. The standard InChI is InChI=1S/C15H22N2O2/c1-10-5-12(19-16-10)13(18)17-9-15(4)7-11(17)6-14(2,3)8-15/h5,11H,6-9H2,1-4H3. The molecule has 1 aliphatic carbocycles. The zero-order valence-electron chi connectivity index (χ0n) is 12.2. The summed E-state index contributed by atoms with van der Waals surface area (Å²) >= 11 is 0. The van der Waals surface area contributed by atoms with Gasteiger partial charge in [-0.05, 0) is 37.0 Å². The Kier molecular flexibility index (Phi) is 2.57. The summed E-state index contributed by atoms with van der Waals surface area (Å²) in [7, 11) is 0. The molecule has 2 atom stereocenters. The molecule has 1 aliphatic heterocycles. The zero-order valence-corrected chi connectivity index (χ0v) is 12.2. The number of fused-ring (bicyclic) bond motifs is 2. The number of carbonyl (C=O) groups is 1. The summed E-state index contributed by atoms with van der Waals surface area (Å²) in [5.74, 6) is 0.387. The van der Waals surface area contributed by atoms with Crippen LogP contribution in [0.3, 0.4) is 0 Å². The van der Waals surface area contributed by atoms with Crippen LogP contribution in [0.1, 0.15) is 56.3 Å². The van der Waals surface area contributed by atoms with E-state index in [0.717, 1.165) is 25.1 Å². The highest BCUT2D eigenvalue weighted by atomic mass is 16.5. The maximum absolute atomic E-state index is 12.5. The molecule has 4 nitrogen and oxygen atoms in total. The molecule has 19 heavy (non-hydrogen) atoms.